The van der Waals surface area contributed by atoms with Crippen LogP contribution in [0.5, 0.6) is 11.5 Å². The predicted molar refractivity (Wildman–Crippen MR) is 84.4 cm³/mol. The molecular formula is C18H19NO2. The van der Waals surface area contributed by atoms with Crippen LogP contribution >= 0.6 is 0 Å². The van der Waals surface area contributed by atoms with Crippen LogP contribution in [0, 0.1) is 6.92 Å². The standard InChI is InChI=1S/C18H19NO2/c1-12-9-13-5-3-6-14(17(13)19-11-12)10-15-7-4-8-16(21-2)18(15)20/h4,7-11,20H,3,5-6H2,1-2H3/b14-10+. The number of rotatable bonds is 2. The zero-order chi connectivity index (χ0) is 14.8. The van der Waals surface area contributed by atoms with Crippen LogP contribution in [0.1, 0.15) is 35.2 Å². The first-order valence-corrected chi connectivity index (χ1v) is 7.21. The fraction of sp³-hybridized carbons (Fsp3) is 0.278. The molecule has 0 fully saturated rings. The van der Waals surface area contributed by atoms with Gasteiger partial charge >= 0.3 is 0 Å². The normalized spacial score (nSPS) is 15.8. The number of pyridine rings is 1. The number of phenols is 1. The van der Waals surface area contributed by atoms with E-state index in [2.05, 4.69) is 18.0 Å². The van der Waals surface area contributed by atoms with Crippen LogP contribution in [0.25, 0.3) is 11.6 Å². The van der Waals surface area contributed by atoms with Crippen LogP contribution < -0.4 is 4.74 Å². The number of aryl methyl sites for hydroxylation is 2. The van der Waals surface area contributed by atoms with Crippen molar-refractivity contribution in [3.05, 3.63) is 52.8 Å². The number of phenolic OH excluding ortho intramolecular Hbond substituents is 1. The van der Waals surface area contributed by atoms with Crippen molar-refractivity contribution in [3.8, 4) is 11.5 Å². The molecule has 108 valence electrons. The zero-order valence-corrected chi connectivity index (χ0v) is 12.4. The van der Waals surface area contributed by atoms with Gasteiger partial charge in [-0.05, 0) is 55.0 Å². The van der Waals surface area contributed by atoms with Crippen LogP contribution in [-0.4, -0.2) is 17.2 Å². The Morgan fingerprint density at radius 2 is 2.14 bits per heavy atom. The maximum Gasteiger partial charge on any atom is 0.165 e. The first-order chi connectivity index (χ1) is 10.2. The van der Waals surface area contributed by atoms with Gasteiger partial charge in [0.05, 0.1) is 12.8 Å². The molecule has 1 N–H and O–H groups in total. The van der Waals surface area contributed by atoms with Crippen LogP contribution in [0.2, 0.25) is 0 Å². The quantitative estimate of drug-likeness (QED) is 0.905. The Kier molecular flexibility index (Phi) is 3.65. The Bertz CT molecular complexity index is 704. The predicted octanol–water partition coefficient (Wildman–Crippen LogP) is 3.98. The summed E-state index contributed by atoms with van der Waals surface area (Å²) in [7, 11) is 1.56. The van der Waals surface area contributed by atoms with Gasteiger partial charge in [-0.15, -0.1) is 0 Å². The van der Waals surface area contributed by atoms with Crippen molar-refractivity contribution in [1.29, 1.82) is 0 Å². The van der Waals surface area contributed by atoms with Crippen molar-refractivity contribution in [1.82, 2.24) is 4.98 Å². The number of hydrogen-bond donors (Lipinski definition) is 1. The number of ether oxygens (including phenoxy) is 1. The van der Waals surface area contributed by atoms with Gasteiger partial charge in [0, 0.05) is 11.8 Å². The summed E-state index contributed by atoms with van der Waals surface area (Å²) in [5, 5.41) is 10.2. The number of fused-ring (bicyclic) bond motifs is 1. The number of aromatic nitrogens is 1. The lowest BCUT2D eigenvalue weighted by Crippen LogP contribution is -2.04. The van der Waals surface area contributed by atoms with Gasteiger partial charge in [-0.1, -0.05) is 18.2 Å². The molecule has 0 aliphatic heterocycles. The lowest BCUT2D eigenvalue weighted by molar-refractivity contribution is 0.373. The van der Waals surface area contributed by atoms with E-state index >= 15 is 0 Å². The maximum atomic E-state index is 10.2. The van der Waals surface area contributed by atoms with Gasteiger partial charge in [-0.25, -0.2) is 0 Å². The Hall–Kier alpha value is -2.29. The Morgan fingerprint density at radius 1 is 1.29 bits per heavy atom. The van der Waals surface area contributed by atoms with Crippen molar-refractivity contribution < 1.29 is 9.84 Å². The molecule has 21 heavy (non-hydrogen) atoms. The van der Waals surface area contributed by atoms with Gasteiger partial charge in [-0.2, -0.15) is 0 Å². The van der Waals surface area contributed by atoms with Gasteiger partial charge < -0.3 is 9.84 Å². The lowest BCUT2D eigenvalue weighted by Gasteiger charge is -2.18. The summed E-state index contributed by atoms with van der Waals surface area (Å²) in [5.41, 5.74) is 5.52. The zero-order valence-electron chi connectivity index (χ0n) is 12.4. The van der Waals surface area contributed by atoms with Crippen LogP contribution in [0.4, 0.5) is 0 Å². The van der Waals surface area contributed by atoms with E-state index < -0.39 is 0 Å². The topological polar surface area (TPSA) is 42.4 Å². The Labute approximate surface area is 124 Å². The van der Waals surface area contributed by atoms with E-state index in [1.165, 1.54) is 16.7 Å². The summed E-state index contributed by atoms with van der Waals surface area (Å²) in [6, 6.07) is 7.75. The lowest BCUT2D eigenvalue weighted by atomic mass is 9.89. The molecule has 0 amide bonds. The smallest absolute Gasteiger partial charge is 0.165 e. The average molecular weight is 281 g/mol. The van der Waals surface area contributed by atoms with E-state index in [0.29, 0.717) is 5.75 Å². The van der Waals surface area contributed by atoms with Crippen LogP contribution in [0.3, 0.4) is 0 Å². The first-order valence-electron chi connectivity index (χ1n) is 7.21. The van der Waals surface area contributed by atoms with Gasteiger partial charge in [0.25, 0.3) is 0 Å². The average Bonchev–Trinajstić information content (AvgIpc) is 2.49. The molecule has 0 saturated carbocycles. The van der Waals surface area contributed by atoms with E-state index in [1.54, 1.807) is 13.2 Å². The van der Waals surface area contributed by atoms with Crippen molar-refractivity contribution in [2.45, 2.75) is 26.2 Å². The number of methoxy groups -OCH3 is 1. The molecule has 0 bridgehead atoms. The minimum Gasteiger partial charge on any atom is -0.504 e. The fourth-order valence-corrected chi connectivity index (χ4v) is 2.85. The fourth-order valence-electron chi connectivity index (χ4n) is 2.85. The molecule has 0 atom stereocenters. The third kappa shape index (κ3) is 2.64. The van der Waals surface area contributed by atoms with Crippen LogP contribution in [-0.2, 0) is 6.42 Å². The molecule has 1 aliphatic rings. The molecule has 0 saturated heterocycles. The third-order valence-electron chi connectivity index (χ3n) is 3.88. The molecule has 0 unspecified atom stereocenters. The summed E-state index contributed by atoms with van der Waals surface area (Å²) >= 11 is 0. The largest absolute Gasteiger partial charge is 0.504 e. The first kappa shape index (κ1) is 13.7. The molecular weight excluding hydrogens is 262 g/mol. The molecule has 0 spiro atoms. The Balaban J connectivity index is 2.06. The summed E-state index contributed by atoms with van der Waals surface area (Å²) in [4.78, 5) is 4.59. The Morgan fingerprint density at radius 3 is 2.95 bits per heavy atom. The van der Waals surface area contributed by atoms with Crippen molar-refractivity contribution in [3.63, 3.8) is 0 Å². The maximum absolute atomic E-state index is 10.2. The van der Waals surface area contributed by atoms with Crippen molar-refractivity contribution in [2.24, 2.45) is 0 Å². The van der Waals surface area contributed by atoms with E-state index in [4.69, 9.17) is 4.74 Å². The number of para-hydroxylation sites is 1. The second kappa shape index (κ2) is 5.60. The molecule has 1 heterocycles. The molecule has 3 rings (SSSR count). The minimum atomic E-state index is 0.187. The molecule has 3 heteroatoms. The number of nitrogens with zero attached hydrogens (tertiary/aromatic N) is 1. The number of benzene rings is 1. The third-order valence-corrected chi connectivity index (χ3v) is 3.88. The van der Waals surface area contributed by atoms with E-state index in [1.807, 2.05) is 24.4 Å². The van der Waals surface area contributed by atoms with Crippen molar-refractivity contribution >= 4 is 11.6 Å². The summed E-state index contributed by atoms with van der Waals surface area (Å²) in [6.45, 7) is 2.07. The monoisotopic (exact) mass is 281 g/mol. The number of aromatic hydroxyl groups is 1. The van der Waals surface area contributed by atoms with Gasteiger partial charge in [0.15, 0.2) is 11.5 Å². The second-order valence-corrected chi connectivity index (χ2v) is 5.44. The van der Waals surface area contributed by atoms with Gasteiger partial charge in [0.1, 0.15) is 0 Å². The summed E-state index contributed by atoms with van der Waals surface area (Å²) in [6.07, 6.45) is 7.11. The molecule has 1 aromatic heterocycles. The molecule has 0 radical (unpaired) electrons. The van der Waals surface area contributed by atoms with E-state index in [0.717, 1.165) is 30.5 Å². The van der Waals surface area contributed by atoms with Crippen LogP contribution in [0.15, 0.2) is 30.5 Å². The van der Waals surface area contributed by atoms with Gasteiger partial charge in [-0.3, -0.25) is 4.98 Å². The summed E-state index contributed by atoms with van der Waals surface area (Å²) in [5.74, 6) is 0.684. The van der Waals surface area contributed by atoms with E-state index in [9.17, 15) is 5.11 Å². The molecule has 1 aromatic carbocycles. The molecule has 1 aliphatic carbocycles. The number of allylic oxidation sites excluding steroid dienone is 1. The highest BCUT2D eigenvalue weighted by molar-refractivity contribution is 5.84. The highest BCUT2D eigenvalue weighted by Crippen LogP contribution is 2.35. The molecule has 3 nitrogen and oxygen atoms in total. The number of hydrogen-bond acceptors (Lipinski definition) is 3. The van der Waals surface area contributed by atoms with Crippen molar-refractivity contribution in [2.75, 3.05) is 7.11 Å². The minimum absolute atomic E-state index is 0.187. The highest BCUT2D eigenvalue weighted by atomic mass is 16.5. The molecule has 2 aromatic rings. The highest BCUT2D eigenvalue weighted by Gasteiger charge is 2.16. The van der Waals surface area contributed by atoms with Gasteiger partial charge in [0.2, 0.25) is 0 Å². The summed E-state index contributed by atoms with van der Waals surface area (Å²) < 4.78 is 5.17. The van der Waals surface area contributed by atoms with E-state index in [-0.39, 0.29) is 5.75 Å². The SMILES string of the molecule is COc1cccc(/C=C2\CCCc3cc(C)cnc32)c1O. The second-order valence-electron chi connectivity index (χ2n) is 5.44.